The molecule has 1 aromatic carbocycles. The molecule has 2 aliphatic heterocycles. The Morgan fingerprint density at radius 1 is 1.35 bits per heavy atom. The molecule has 2 fully saturated rings. The van der Waals surface area contributed by atoms with Crippen LogP contribution in [0.15, 0.2) is 18.2 Å². The summed E-state index contributed by atoms with van der Waals surface area (Å²) in [7, 11) is 0. The van der Waals surface area contributed by atoms with Gasteiger partial charge in [0.05, 0.1) is 17.0 Å². The molecule has 2 heterocycles. The van der Waals surface area contributed by atoms with Crippen LogP contribution in [0.2, 0.25) is 5.02 Å². The first kappa shape index (κ1) is 19.0. The highest BCUT2D eigenvalue weighted by Gasteiger charge is 2.40. The second-order valence-corrected chi connectivity index (χ2v) is 6.89. The van der Waals surface area contributed by atoms with Gasteiger partial charge in [-0.3, -0.25) is 14.5 Å². The SMILES string of the molecule is O=C(C[C@@H]1C(=O)OC[C@@H]2CCCCN21)Nc1ccc(Cl)c(C(F)(F)F)c1. The molecule has 0 radical (unpaired) electrons. The number of ether oxygens (including phenoxy) is 1. The van der Waals surface area contributed by atoms with E-state index < -0.39 is 34.7 Å². The van der Waals surface area contributed by atoms with E-state index in [0.717, 1.165) is 31.4 Å². The summed E-state index contributed by atoms with van der Waals surface area (Å²) in [6, 6.07) is 2.55. The maximum Gasteiger partial charge on any atom is 0.417 e. The van der Waals surface area contributed by atoms with Crippen LogP contribution in [0.1, 0.15) is 31.2 Å². The number of rotatable bonds is 3. The summed E-state index contributed by atoms with van der Waals surface area (Å²) in [5, 5.41) is 1.97. The monoisotopic (exact) mass is 390 g/mol. The van der Waals surface area contributed by atoms with Crippen LogP contribution < -0.4 is 5.32 Å². The number of esters is 1. The number of carbonyl (C=O) groups excluding carboxylic acids is 2. The number of anilines is 1. The van der Waals surface area contributed by atoms with Gasteiger partial charge in [0.25, 0.3) is 0 Å². The van der Waals surface area contributed by atoms with Gasteiger partial charge in [-0.25, -0.2) is 0 Å². The molecule has 1 aromatic rings. The van der Waals surface area contributed by atoms with Crippen LogP contribution in [0.5, 0.6) is 0 Å². The van der Waals surface area contributed by atoms with E-state index in [-0.39, 0.29) is 18.2 Å². The van der Waals surface area contributed by atoms with Gasteiger partial charge in [0.15, 0.2) is 0 Å². The number of fused-ring (bicyclic) bond motifs is 1. The van der Waals surface area contributed by atoms with Gasteiger partial charge in [-0.1, -0.05) is 18.0 Å². The number of alkyl halides is 3. The molecule has 2 atom stereocenters. The molecular weight excluding hydrogens is 373 g/mol. The number of cyclic esters (lactones) is 1. The Morgan fingerprint density at radius 3 is 2.85 bits per heavy atom. The van der Waals surface area contributed by atoms with Crippen molar-refractivity contribution in [3.63, 3.8) is 0 Å². The Kier molecular flexibility index (Phi) is 5.43. The zero-order valence-electron chi connectivity index (χ0n) is 13.8. The molecule has 0 aliphatic carbocycles. The summed E-state index contributed by atoms with van der Waals surface area (Å²) in [5.41, 5.74) is -1.05. The van der Waals surface area contributed by atoms with Crippen LogP contribution in [-0.4, -0.2) is 42.0 Å². The van der Waals surface area contributed by atoms with Crippen LogP contribution >= 0.6 is 11.6 Å². The minimum atomic E-state index is -4.62. The molecule has 0 aromatic heterocycles. The highest BCUT2D eigenvalue weighted by Crippen LogP contribution is 2.36. The smallest absolute Gasteiger partial charge is 0.417 e. The Balaban J connectivity index is 1.69. The van der Waals surface area contributed by atoms with Crippen molar-refractivity contribution in [3.05, 3.63) is 28.8 Å². The second-order valence-electron chi connectivity index (χ2n) is 6.48. The van der Waals surface area contributed by atoms with Crippen molar-refractivity contribution in [1.29, 1.82) is 0 Å². The van der Waals surface area contributed by atoms with Crippen molar-refractivity contribution in [1.82, 2.24) is 4.90 Å². The Hall–Kier alpha value is -1.80. The summed E-state index contributed by atoms with van der Waals surface area (Å²) in [4.78, 5) is 26.3. The molecule has 5 nitrogen and oxygen atoms in total. The molecule has 0 spiro atoms. The normalized spacial score (nSPS) is 23.9. The first-order valence-electron chi connectivity index (χ1n) is 8.34. The van der Waals surface area contributed by atoms with E-state index in [4.69, 9.17) is 16.3 Å². The molecule has 26 heavy (non-hydrogen) atoms. The number of hydrogen-bond donors (Lipinski definition) is 1. The molecule has 142 valence electrons. The largest absolute Gasteiger partial charge is 0.463 e. The van der Waals surface area contributed by atoms with Crippen LogP contribution in [0.4, 0.5) is 18.9 Å². The Morgan fingerprint density at radius 2 is 2.12 bits per heavy atom. The molecule has 1 N–H and O–H groups in total. The van der Waals surface area contributed by atoms with Gasteiger partial charge in [-0.15, -0.1) is 0 Å². The number of halogens is 4. The van der Waals surface area contributed by atoms with Crippen molar-refractivity contribution in [2.45, 2.75) is 43.9 Å². The first-order valence-corrected chi connectivity index (χ1v) is 8.72. The molecule has 0 bridgehead atoms. The predicted octanol–water partition coefficient (Wildman–Crippen LogP) is 3.47. The standard InChI is InChI=1S/C17H18ClF3N2O3/c18-13-5-4-10(7-12(13)17(19,20)21)22-15(24)8-14-16(25)26-9-11-3-1-2-6-23(11)14/h4-5,7,11,14H,1-3,6,8-9H2,(H,22,24)/t11-,14+/m0/s1. The second kappa shape index (κ2) is 7.44. The summed E-state index contributed by atoms with van der Waals surface area (Å²) in [6.07, 6.45) is -1.90. The summed E-state index contributed by atoms with van der Waals surface area (Å²) in [6.45, 7) is 1.03. The van der Waals surface area contributed by atoms with Gasteiger partial charge in [0, 0.05) is 11.7 Å². The fourth-order valence-electron chi connectivity index (χ4n) is 3.43. The zero-order chi connectivity index (χ0) is 18.9. The van der Waals surface area contributed by atoms with Gasteiger partial charge in [-0.2, -0.15) is 13.2 Å². The maximum atomic E-state index is 12.9. The van der Waals surface area contributed by atoms with E-state index in [9.17, 15) is 22.8 Å². The minimum absolute atomic E-state index is 0.0221. The molecule has 1 amide bonds. The van der Waals surface area contributed by atoms with Gasteiger partial charge in [0.2, 0.25) is 5.91 Å². The number of carbonyl (C=O) groups is 2. The molecule has 3 rings (SSSR count). The Bertz CT molecular complexity index is 711. The molecule has 9 heteroatoms. The van der Waals surface area contributed by atoms with Gasteiger partial charge in [0.1, 0.15) is 12.6 Å². The lowest BCUT2D eigenvalue weighted by Crippen LogP contribution is -2.57. The lowest BCUT2D eigenvalue weighted by molar-refractivity contribution is -0.165. The number of nitrogens with zero attached hydrogens (tertiary/aromatic N) is 1. The minimum Gasteiger partial charge on any atom is -0.463 e. The Labute approximate surface area is 153 Å². The van der Waals surface area contributed by atoms with Crippen molar-refractivity contribution < 1.29 is 27.5 Å². The fraction of sp³-hybridized carbons (Fsp3) is 0.529. The highest BCUT2D eigenvalue weighted by molar-refractivity contribution is 6.31. The third-order valence-electron chi connectivity index (χ3n) is 4.70. The molecule has 2 aliphatic rings. The van der Waals surface area contributed by atoms with Crippen LogP contribution in [-0.2, 0) is 20.5 Å². The highest BCUT2D eigenvalue weighted by atomic mass is 35.5. The fourth-order valence-corrected chi connectivity index (χ4v) is 3.66. The van der Waals surface area contributed by atoms with E-state index in [1.54, 1.807) is 0 Å². The number of hydrogen-bond acceptors (Lipinski definition) is 4. The molecule has 0 saturated carbocycles. The van der Waals surface area contributed by atoms with E-state index in [1.807, 2.05) is 4.90 Å². The average Bonchev–Trinajstić information content (AvgIpc) is 2.58. The lowest BCUT2D eigenvalue weighted by atomic mass is 9.97. The number of nitrogens with one attached hydrogen (secondary N) is 1. The van der Waals surface area contributed by atoms with Crippen molar-refractivity contribution >= 4 is 29.2 Å². The van der Waals surface area contributed by atoms with Crippen LogP contribution in [0.3, 0.4) is 0 Å². The molecular formula is C17H18ClF3N2O3. The van der Waals surface area contributed by atoms with Crippen molar-refractivity contribution in [3.8, 4) is 0 Å². The van der Waals surface area contributed by atoms with E-state index in [2.05, 4.69) is 5.32 Å². The topological polar surface area (TPSA) is 58.6 Å². The van der Waals surface area contributed by atoms with Crippen LogP contribution in [0.25, 0.3) is 0 Å². The number of piperidine rings is 1. The van der Waals surface area contributed by atoms with Crippen molar-refractivity contribution in [2.75, 3.05) is 18.5 Å². The number of morpholine rings is 1. The summed E-state index contributed by atoms with van der Waals surface area (Å²) in [5.74, 6) is -1.01. The van der Waals surface area contributed by atoms with Gasteiger partial charge >= 0.3 is 12.1 Å². The van der Waals surface area contributed by atoms with Crippen LogP contribution in [0, 0.1) is 0 Å². The maximum absolute atomic E-state index is 12.9. The number of benzene rings is 1. The predicted molar refractivity (Wildman–Crippen MR) is 88.8 cm³/mol. The van der Waals surface area contributed by atoms with E-state index in [0.29, 0.717) is 13.2 Å². The average molecular weight is 391 g/mol. The van der Waals surface area contributed by atoms with Crippen molar-refractivity contribution in [2.24, 2.45) is 0 Å². The molecule has 0 unspecified atom stereocenters. The van der Waals surface area contributed by atoms with Gasteiger partial charge < -0.3 is 10.1 Å². The zero-order valence-corrected chi connectivity index (χ0v) is 14.6. The first-order chi connectivity index (χ1) is 12.3. The lowest BCUT2D eigenvalue weighted by Gasteiger charge is -2.43. The van der Waals surface area contributed by atoms with E-state index in [1.165, 1.54) is 6.07 Å². The summed E-state index contributed by atoms with van der Waals surface area (Å²) < 4.78 is 43.9. The third-order valence-corrected chi connectivity index (χ3v) is 5.03. The third kappa shape index (κ3) is 4.12. The molecule has 2 saturated heterocycles. The number of amides is 1. The van der Waals surface area contributed by atoms with E-state index >= 15 is 0 Å². The summed E-state index contributed by atoms with van der Waals surface area (Å²) >= 11 is 5.57. The quantitative estimate of drug-likeness (QED) is 0.803. The van der Waals surface area contributed by atoms with Gasteiger partial charge in [-0.05, 0) is 37.6 Å².